The van der Waals surface area contributed by atoms with Gasteiger partial charge in [-0.1, -0.05) is 60.7 Å². The van der Waals surface area contributed by atoms with Gasteiger partial charge in [-0.05, 0) is 75.1 Å². The Morgan fingerprint density at radius 3 is 2.16 bits per heavy atom. The average molecular weight is 636 g/mol. The van der Waals surface area contributed by atoms with Crippen LogP contribution in [0.2, 0.25) is 0 Å². The number of nitrogens with zero attached hydrogens (tertiary/aromatic N) is 1. The highest BCUT2D eigenvalue weighted by Crippen LogP contribution is 2.38. The zero-order chi connectivity index (χ0) is 32.4. The molecule has 1 aliphatic heterocycles. The summed E-state index contributed by atoms with van der Waals surface area (Å²) in [5, 5.41) is 1.96. The van der Waals surface area contributed by atoms with Gasteiger partial charge >= 0.3 is 6.09 Å². The Bertz CT molecular complexity index is 1560. The molecule has 0 unspecified atom stereocenters. The monoisotopic (exact) mass is 635 g/mol. The zero-order valence-electron chi connectivity index (χ0n) is 26.0. The maximum atomic E-state index is 13.8. The molecule has 45 heavy (non-hydrogen) atoms. The van der Waals surface area contributed by atoms with Crippen LogP contribution in [-0.2, 0) is 41.9 Å². The lowest BCUT2D eigenvalue weighted by Gasteiger charge is -2.28. The quantitative estimate of drug-likeness (QED) is 0.308. The van der Waals surface area contributed by atoms with E-state index in [0.29, 0.717) is 12.8 Å². The van der Waals surface area contributed by atoms with Crippen molar-refractivity contribution in [2.24, 2.45) is 0 Å². The van der Waals surface area contributed by atoms with Crippen molar-refractivity contribution in [1.29, 1.82) is 0 Å². The van der Waals surface area contributed by atoms with Crippen LogP contribution >= 0.6 is 0 Å². The smallest absolute Gasteiger partial charge is 0.411 e. The van der Waals surface area contributed by atoms with E-state index in [1.807, 2.05) is 24.3 Å². The summed E-state index contributed by atoms with van der Waals surface area (Å²) in [4.78, 5) is 41.5. The second-order valence-corrected chi connectivity index (χ2v) is 14.7. The average Bonchev–Trinajstić information content (AvgIpc) is 3.78. The molecule has 0 bridgehead atoms. The summed E-state index contributed by atoms with van der Waals surface area (Å²) in [6.45, 7) is 8.95. The van der Waals surface area contributed by atoms with Gasteiger partial charge in [-0.2, -0.15) is 0 Å². The van der Waals surface area contributed by atoms with Gasteiger partial charge in [0.1, 0.15) is 23.4 Å². The molecular weight excluding hydrogens is 594 g/mol. The number of ether oxygens (including phenoxy) is 2. The molecule has 2 atom stereocenters. The first-order valence-electron chi connectivity index (χ1n) is 15.3. The maximum Gasteiger partial charge on any atom is 0.411 e. The van der Waals surface area contributed by atoms with Crippen molar-refractivity contribution in [1.82, 2.24) is 14.9 Å². The molecule has 2 aliphatic carbocycles. The molecule has 3 aliphatic rings. The number of hydrogen-bond donors (Lipinski definition) is 2. The molecule has 240 valence electrons. The van der Waals surface area contributed by atoms with E-state index >= 15 is 0 Å². The molecule has 0 radical (unpaired) electrons. The van der Waals surface area contributed by atoms with E-state index in [4.69, 9.17) is 9.47 Å². The van der Waals surface area contributed by atoms with Crippen LogP contribution in [0.1, 0.15) is 74.8 Å². The van der Waals surface area contributed by atoms with Gasteiger partial charge in [-0.15, -0.1) is 6.58 Å². The van der Waals surface area contributed by atoms with Crippen molar-refractivity contribution >= 4 is 27.9 Å². The number of amides is 3. The van der Waals surface area contributed by atoms with Crippen LogP contribution in [0.25, 0.3) is 0 Å². The molecule has 10 nitrogen and oxygen atoms in total. The molecule has 3 amide bonds. The van der Waals surface area contributed by atoms with Crippen molar-refractivity contribution < 1.29 is 32.3 Å². The summed E-state index contributed by atoms with van der Waals surface area (Å²) in [5.41, 5.74) is 3.40. The molecule has 0 aromatic heterocycles. The molecule has 1 heterocycles. The van der Waals surface area contributed by atoms with Crippen molar-refractivity contribution in [2.45, 2.75) is 88.4 Å². The van der Waals surface area contributed by atoms with Crippen LogP contribution in [0.3, 0.4) is 0 Å². The second kappa shape index (κ2) is 13.2. The molecule has 1 saturated heterocycles. The predicted octanol–water partition coefficient (Wildman–Crippen LogP) is 4.45. The lowest BCUT2D eigenvalue weighted by Crippen LogP contribution is -2.49. The van der Waals surface area contributed by atoms with Crippen LogP contribution in [0, 0.1) is 0 Å². The Kier molecular flexibility index (Phi) is 9.50. The number of aryl methyl sites for hydroxylation is 2. The number of hydrogen-bond acceptors (Lipinski definition) is 7. The van der Waals surface area contributed by atoms with Gasteiger partial charge < -0.3 is 14.8 Å². The summed E-state index contributed by atoms with van der Waals surface area (Å²) >= 11 is 0. The lowest BCUT2D eigenvalue weighted by atomic mass is 9.96. The second-order valence-electron chi connectivity index (χ2n) is 12.7. The third kappa shape index (κ3) is 7.83. The highest BCUT2D eigenvalue weighted by molar-refractivity contribution is 7.91. The zero-order valence-corrected chi connectivity index (χ0v) is 26.8. The highest BCUT2D eigenvalue weighted by atomic mass is 32.2. The number of fused-ring (bicyclic) bond motifs is 2. The molecule has 1 saturated carbocycles. The number of nitrogens with one attached hydrogen (secondary N) is 2. The van der Waals surface area contributed by atoms with Crippen LogP contribution in [0.5, 0.6) is 0 Å². The molecule has 2 fully saturated rings. The minimum absolute atomic E-state index is 0.0851. The Hall–Kier alpha value is -3.96. The number of rotatable bonds is 9. The topological polar surface area (TPSA) is 131 Å². The van der Waals surface area contributed by atoms with Gasteiger partial charge in [-0.3, -0.25) is 14.5 Å². The fourth-order valence-electron chi connectivity index (χ4n) is 5.74. The Morgan fingerprint density at radius 1 is 1.00 bits per heavy atom. The van der Waals surface area contributed by atoms with Gasteiger partial charge in [0.15, 0.2) is 0 Å². The van der Waals surface area contributed by atoms with E-state index in [9.17, 15) is 22.8 Å². The van der Waals surface area contributed by atoms with E-state index in [1.165, 1.54) is 28.2 Å². The molecular formula is C34H41N3O7S. The van der Waals surface area contributed by atoms with Crippen LogP contribution in [-0.4, -0.2) is 60.8 Å². The third-order valence-electron chi connectivity index (χ3n) is 8.05. The first-order chi connectivity index (χ1) is 21.4. The lowest BCUT2D eigenvalue weighted by molar-refractivity contribution is -0.126. The number of carbonyl (C=O) groups excluding carboxylic acids is 3. The summed E-state index contributed by atoms with van der Waals surface area (Å²) < 4.78 is 39.4. The maximum absolute atomic E-state index is 13.8. The number of likely N-dealkylation sites (tertiary alicyclic amines) is 1. The molecule has 11 heteroatoms. The fourth-order valence-corrected chi connectivity index (χ4v) is 7.03. The van der Waals surface area contributed by atoms with Crippen LogP contribution < -0.4 is 10.0 Å². The first kappa shape index (κ1) is 32.4. The molecule has 2 aromatic rings. The van der Waals surface area contributed by atoms with Crippen LogP contribution in [0.4, 0.5) is 4.79 Å². The standard InChI is InChI=1S/C34H41N3O7S/c1-5-6-15-28(31(38)36-45(41,42)25-18-19-25)35-32(39)29-20-24(21-37(29)33(40)44-34(2,3)4)43-30-26-13-9-7-11-22(26)16-17-23-12-8-10-14-27(23)30/h5,7-15,24-25,29-30H,1,6,16-21H2,2-4H3,(H,35,39)(H,36,38)/b28-15+/t24-,29+/m1/s1. The minimum Gasteiger partial charge on any atom is -0.444 e. The van der Waals surface area contributed by atoms with Gasteiger partial charge in [0.05, 0.1) is 17.9 Å². The SMILES string of the molecule is C=CC/C=C(/NC(=O)[C@@H]1C[C@@H](OC2c3ccccc3CCc3ccccc32)CN1C(=O)OC(C)(C)C)C(=O)NS(=O)(=O)C1CC1. The van der Waals surface area contributed by atoms with Crippen molar-refractivity contribution in [3.8, 4) is 0 Å². The van der Waals surface area contributed by atoms with Gasteiger partial charge in [-0.25, -0.2) is 17.9 Å². The van der Waals surface area contributed by atoms with Crippen molar-refractivity contribution in [3.05, 3.63) is 95.2 Å². The molecule has 5 rings (SSSR count). The fraction of sp³-hybridized carbons (Fsp3) is 0.441. The summed E-state index contributed by atoms with van der Waals surface area (Å²) in [6, 6.07) is 15.2. The minimum atomic E-state index is -3.85. The first-order valence-corrected chi connectivity index (χ1v) is 16.9. The normalized spacial score (nSPS) is 20.4. The predicted molar refractivity (Wildman–Crippen MR) is 169 cm³/mol. The van der Waals surface area contributed by atoms with Gasteiger partial charge in [0.2, 0.25) is 15.9 Å². The highest BCUT2D eigenvalue weighted by Gasteiger charge is 2.44. The number of benzene rings is 2. The molecule has 2 aromatic carbocycles. The number of sulfonamides is 1. The van der Waals surface area contributed by atoms with Crippen molar-refractivity contribution in [3.63, 3.8) is 0 Å². The number of allylic oxidation sites excluding steroid dienone is 2. The van der Waals surface area contributed by atoms with Crippen molar-refractivity contribution in [2.75, 3.05) is 6.54 Å². The van der Waals surface area contributed by atoms with E-state index in [-0.39, 0.29) is 25.1 Å². The van der Waals surface area contributed by atoms with Gasteiger partial charge in [0.25, 0.3) is 5.91 Å². The summed E-state index contributed by atoms with van der Waals surface area (Å²) in [7, 11) is -3.85. The summed E-state index contributed by atoms with van der Waals surface area (Å²) in [6.07, 6.45) is 4.31. The largest absolute Gasteiger partial charge is 0.444 e. The van der Waals surface area contributed by atoms with E-state index in [2.05, 4.69) is 40.9 Å². The Labute approximate surface area is 264 Å². The van der Waals surface area contributed by atoms with Gasteiger partial charge in [0, 0.05) is 6.42 Å². The van der Waals surface area contributed by atoms with E-state index < -0.39 is 57.0 Å². The van der Waals surface area contributed by atoms with E-state index in [0.717, 1.165) is 24.0 Å². The van der Waals surface area contributed by atoms with E-state index in [1.54, 1.807) is 20.8 Å². The number of carbonyl (C=O) groups is 3. The Morgan fingerprint density at radius 2 is 1.60 bits per heavy atom. The molecule has 0 spiro atoms. The molecule has 2 N–H and O–H groups in total. The van der Waals surface area contributed by atoms with Crippen LogP contribution in [0.15, 0.2) is 73.0 Å². The third-order valence-corrected chi connectivity index (χ3v) is 9.87. The summed E-state index contributed by atoms with van der Waals surface area (Å²) in [5.74, 6) is -1.60. The Balaban J connectivity index is 1.41.